The highest BCUT2D eigenvalue weighted by Crippen LogP contribution is 2.22. The molecule has 0 aliphatic rings. The third-order valence-electron chi connectivity index (χ3n) is 13.0. The first kappa shape index (κ1) is 62.4. The lowest BCUT2D eigenvalue weighted by Crippen LogP contribution is -2.45. The molecular weight excluding hydrogens is 797 g/mol. The van der Waals surface area contributed by atoms with Crippen molar-refractivity contribution in [2.45, 2.75) is 310 Å². The fourth-order valence-corrected chi connectivity index (χ4v) is 8.72. The average molecular weight is 907 g/mol. The summed E-state index contributed by atoms with van der Waals surface area (Å²) in [5, 5.41) is 11.4. The Labute approximate surface area is 398 Å². The molecule has 0 spiro atoms. The van der Waals surface area contributed by atoms with E-state index >= 15 is 0 Å². The van der Waals surface area contributed by atoms with Gasteiger partial charge in [-0.25, -0.2) is 4.79 Å². The summed E-state index contributed by atoms with van der Waals surface area (Å²) in [6, 6.07) is 0. The summed E-state index contributed by atoms with van der Waals surface area (Å²) in [6.07, 6.45) is 46.6. The number of rotatable bonds is 50. The molecule has 0 atom stereocenters. The van der Waals surface area contributed by atoms with Gasteiger partial charge in [-0.1, -0.05) is 273 Å². The minimum atomic E-state index is -2.30. The van der Waals surface area contributed by atoms with E-state index in [1.165, 1.54) is 193 Å². The summed E-state index contributed by atoms with van der Waals surface area (Å²) in [4.78, 5) is 39.0. The number of unbranched alkanes of at least 4 members (excludes halogenated alkanes) is 33. The third-order valence-corrected chi connectivity index (χ3v) is 13.0. The SMILES string of the molecule is CC(C)CCCCCCCCCCCCCCOC(=O)CC(O)(CC(=O)OCCCCCCCCCCCCCCC(C)C)C(=O)OCCCCCCCCCCCCCCC(C)C. The molecule has 7 nitrogen and oxygen atoms in total. The Morgan fingerprint density at radius 1 is 0.312 bits per heavy atom. The molecule has 0 unspecified atom stereocenters. The molecule has 1 N–H and O–H groups in total. The number of carbonyl (C=O) groups is 3. The number of ether oxygens (including phenoxy) is 3. The van der Waals surface area contributed by atoms with Gasteiger partial charge in [-0.3, -0.25) is 9.59 Å². The van der Waals surface area contributed by atoms with Crippen molar-refractivity contribution in [2.75, 3.05) is 19.8 Å². The normalized spacial score (nSPS) is 11.9. The smallest absolute Gasteiger partial charge is 0.339 e. The van der Waals surface area contributed by atoms with Crippen LogP contribution in [0.2, 0.25) is 0 Å². The van der Waals surface area contributed by atoms with Crippen molar-refractivity contribution in [2.24, 2.45) is 17.8 Å². The first-order valence-corrected chi connectivity index (χ1v) is 28.2. The molecule has 0 radical (unpaired) electrons. The van der Waals surface area contributed by atoms with E-state index in [0.717, 1.165) is 69.1 Å². The Kier molecular flexibility index (Phi) is 45.3. The third kappa shape index (κ3) is 45.5. The van der Waals surface area contributed by atoms with E-state index in [1.54, 1.807) is 0 Å². The van der Waals surface area contributed by atoms with Crippen molar-refractivity contribution in [3.8, 4) is 0 Å². The molecule has 0 aromatic carbocycles. The van der Waals surface area contributed by atoms with Gasteiger partial charge in [0.2, 0.25) is 0 Å². The lowest BCUT2D eigenvalue weighted by molar-refractivity contribution is -0.178. The van der Waals surface area contributed by atoms with Gasteiger partial charge in [0.15, 0.2) is 5.60 Å². The molecule has 0 saturated carbocycles. The standard InChI is InChI=1S/C57H110O7/c1-51(2)43-37-31-25-19-13-7-10-16-22-28-34-40-46-62-54(58)49-57(61,56(60)64-48-42-36-30-24-18-12-9-15-21-27-33-39-45-53(5)6)50-55(59)63-47-41-35-29-23-17-11-8-14-20-26-32-38-44-52(3)4/h51-53,61H,7-50H2,1-6H3. The van der Waals surface area contributed by atoms with Crippen LogP contribution in [0.5, 0.6) is 0 Å². The van der Waals surface area contributed by atoms with Crippen LogP contribution >= 0.6 is 0 Å². The number of carbonyl (C=O) groups excluding carboxylic acids is 3. The monoisotopic (exact) mass is 907 g/mol. The van der Waals surface area contributed by atoms with Crippen molar-refractivity contribution in [1.29, 1.82) is 0 Å². The van der Waals surface area contributed by atoms with E-state index in [0.29, 0.717) is 6.42 Å². The molecule has 0 aliphatic heterocycles. The lowest BCUT2D eigenvalue weighted by Gasteiger charge is -2.24. The van der Waals surface area contributed by atoms with Gasteiger partial charge >= 0.3 is 17.9 Å². The van der Waals surface area contributed by atoms with Gasteiger partial charge in [0.25, 0.3) is 0 Å². The first-order chi connectivity index (χ1) is 31.0. The molecule has 7 heteroatoms. The van der Waals surface area contributed by atoms with Crippen molar-refractivity contribution in [3.63, 3.8) is 0 Å². The molecule has 64 heavy (non-hydrogen) atoms. The quantitative estimate of drug-likeness (QED) is 0.0369. The minimum Gasteiger partial charge on any atom is -0.466 e. The topological polar surface area (TPSA) is 99.1 Å². The highest BCUT2D eigenvalue weighted by Gasteiger charge is 2.43. The molecule has 0 fully saturated rings. The molecule has 0 aliphatic carbocycles. The Morgan fingerprint density at radius 2 is 0.500 bits per heavy atom. The number of hydrogen-bond acceptors (Lipinski definition) is 7. The molecule has 0 saturated heterocycles. The van der Waals surface area contributed by atoms with Gasteiger partial charge in [-0.2, -0.15) is 0 Å². The first-order valence-electron chi connectivity index (χ1n) is 28.2. The second-order valence-corrected chi connectivity index (χ2v) is 21.2. The van der Waals surface area contributed by atoms with Gasteiger partial charge in [-0.05, 0) is 37.0 Å². The summed E-state index contributed by atoms with van der Waals surface area (Å²) >= 11 is 0. The van der Waals surface area contributed by atoms with Crippen LogP contribution < -0.4 is 0 Å². The molecular formula is C57H110O7. The molecule has 380 valence electrons. The number of hydrogen-bond donors (Lipinski definition) is 1. The Hall–Kier alpha value is -1.63. The fourth-order valence-electron chi connectivity index (χ4n) is 8.72. The Bertz CT molecular complexity index is 971. The van der Waals surface area contributed by atoms with Gasteiger partial charge in [0.1, 0.15) is 0 Å². The second kappa shape index (κ2) is 46.5. The van der Waals surface area contributed by atoms with Crippen LogP contribution in [0.25, 0.3) is 0 Å². The van der Waals surface area contributed by atoms with Crippen LogP contribution in [0.4, 0.5) is 0 Å². The summed E-state index contributed by atoms with van der Waals surface area (Å²) in [6.45, 7) is 14.5. The van der Waals surface area contributed by atoms with E-state index < -0.39 is 36.4 Å². The summed E-state index contributed by atoms with van der Waals surface area (Å²) in [5.41, 5.74) is -2.30. The number of aliphatic hydroxyl groups is 1. The zero-order valence-electron chi connectivity index (χ0n) is 43.7. The highest BCUT2D eigenvalue weighted by molar-refractivity contribution is 5.90. The molecule has 0 rings (SSSR count). The maximum absolute atomic E-state index is 13.2. The van der Waals surface area contributed by atoms with Crippen LogP contribution in [0, 0.1) is 17.8 Å². The van der Waals surface area contributed by atoms with E-state index in [1.807, 2.05) is 0 Å². The second-order valence-electron chi connectivity index (χ2n) is 21.2. The van der Waals surface area contributed by atoms with E-state index in [4.69, 9.17) is 14.2 Å². The fraction of sp³-hybridized carbons (Fsp3) is 0.947. The molecule has 0 bridgehead atoms. The summed E-state index contributed by atoms with van der Waals surface area (Å²) in [7, 11) is 0. The van der Waals surface area contributed by atoms with Crippen LogP contribution in [0.15, 0.2) is 0 Å². The predicted octanol–water partition coefficient (Wildman–Crippen LogP) is 17.3. The molecule has 0 heterocycles. The maximum Gasteiger partial charge on any atom is 0.339 e. The van der Waals surface area contributed by atoms with E-state index in [-0.39, 0.29) is 19.8 Å². The van der Waals surface area contributed by atoms with Crippen LogP contribution in [-0.4, -0.2) is 48.4 Å². The van der Waals surface area contributed by atoms with Crippen molar-refractivity contribution in [1.82, 2.24) is 0 Å². The van der Waals surface area contributed by atoms with Crippen LogP contribution in [0.1, 0.15) is 305 Å². The minimum absolute atomic E-state index is 0.152. The van der Waals surface area contributed by atoms with Crippen LogP contribution in [0.3, 0.4) is 0 Å². The number of esters is 3. The predicted molar refractivity (Wildman–Crippen MR) is 272 cm³/mol. The van der Waals surface area contributed by atoms with Gasteiger partial charge in [0, 0.05) is 0 Å². The van der Waals surface area contributed by atoms with E-state index in [2.05, 4.69) is 41.5 Å². The van der Waals surface area contributed by atoms with Crippen molar-refractivity contribution < 1.29 is 33.7 Å². The maximum atomic E-state index is 13.2. The van der Waals surface area contributed by atoms with E-state index in [9.17, 15) is 19.5 Å². The zero-order valence-corrected chi connectivity index (χ0v) is 43.7. The summed E-state index contributed by atoms with van der Waals surface area (Å²) < 4.78 is 16.4. The molecule has 0 aromatic heterocycles. The average Bonchev–Trinajstić information content (AvgIpc) is 3.24. The lowest BCUT2D eigenvalue weighted by atomic mass is 9.95. The molecule has 0 aromatic rings. The van der Waals surface area contributed by atoms with Crippen molar-refractivity contribution >= 4 is 17.9 Å². The van der Waals surface area contributed by atoms with Crippen molar-refractivity contribution in [3.05, 3.63) is 0 Å². The van der Waals surface area contributed by atoms with Crippen LogP contribution in [-0.2, 0) is 28.6 Å². The highest BCUT2D eigenvalue weighted by atomic mass is 16.6. The Balaban J connectivity index is 4.46. The summed E-state index contributed by atoms with van der Waals surface area (Å²) in [5.74, 6) is 0.135. The molecule has 0 amide bonds. The largest absolute Gasteiger partial charge is 0.466 e. The zero-order chi connectivity index (χ0) is 47.2. The Morgan fingerprint density at radius 3 is 0.719 bits per heavy atom. The van der Waals surface area contributed by atoms with Gasteiger partial charge < -0.3 is 19.3 Å². The van der Waals surface area contributed by atoms with Gasteiger partial charge in [0.05, 0.1) is 32.7 Å². The van der Waals surface area contributed by atoms with Gasteiger partial charge in [-0.15, -0.1) is 0 Å².